The van der Waals surface area contributed by atoms with Crippen molar-refractivity contribution in [1.29, 1.82) is 0 Å². The molecule has 4 rings (SSSR count). The van der Waals surface area contributed by atoms with Crippen LogP contribution in [0.15, 0.2) is 36.5 Å². The molecule has 1 saturated heterocycles. The molecule has 0 saturated carbocycles. The van der Waals surface area contributed by atoms with Crippen molar-refractivity contribution in [3.05, 3.63) is 42.1 Å². The SMILES string of the molecule is O=C(O)C1CCN(c2ccnc(N3CCCc4ccccc43)n2)CC1. The Hall–Kier alpha value is -2.63. The average molecular weight is 338 g/mol. The zero-order valence-electron chi connectivity index (χ0n) is 14.1. The molecule has 0 radical (unpaired) electrons. The number of piperidine rings is 1. The maximum Gasteiger partial charge on any atom is 0.306 e. The summed E-state index contributed by atoms with van der Waals surface area (Å²) in [7, 11) is 0. The van der Waals surface area contributed by atoms with Gasteiger partial charge in [0.2, 0.25) is 5.95 Å². The fourth-order valence-electron chi connectivity index (χ4n) is 3.74. The van der Waals surface area contributed by atoms with Gasteiger partial charge in [-0.15, -0.1) is 0 Å². The van der Waals surface area contributed by atoms with Crippen molar-refractivity contribution >= 4 is 23.4 Å². The normalized spacial score (nSPS) is 18.1. The van der Waals surface area contributed by atoms with E-state index in [1.54, 1.807) is 6.20 Å². The first-order valence-corrected chi connectivity index (χ1v) is 8.88. The molecule has 0 atom stereocenters. The molecule has 2 aromatic rings. The van der Waals surface area contributed by atoms with Crippen LogP contribution in [0.5, 0.6) is 0 Å². The van der Waals surface area contributed by atoms with Gasteiger partial charge in [0.25, 0.3) is 0 Å². The number of benzene rings is 1. The summed E-state index contributed by atoms with van der Waals surface area (Å²) in [6.45, 7) is 2.37. The third-order valence-electron chi connectivity index (χ3n) is 5.15. The number of para-hydroxylation sites is 1. The van der Waals surface area contributed by atoms with Gasteiger partial charge in [0.1, 0.15) is 5.82 Å². The van der Waals surface area contributed by atoms with Crippen molar-refractivity contribution in [3.8, 4) is 0 Å². The molecule has 3 heterocycles. The van der Waals surface area contributed by atoms with Crippen molar-refractivity contribution in [2.24, 2.45) is 5.92 Å². The van der Waals surface area contributed by atoms with Crippen LogP contribution in [-0.2, 0) is 11.2 Å². The topological polar surface area (TPSA) is 69.6 Å². The number of hydrogen-bond donors (Lipinski definition) is 1. The Kier molecular flexibility index (Phi) is 4.26. The van der Waals surface area contributed by atoms with Gasteiger partial charge in [-0.25, -0.2) is 4.98 Å². The number of fused-ring (bicyclic) bond motifs is 1. The lowest BCUT2D eigenvalue weighted by atomic mass is 9.97. The minimum atomic E-state index is -0.687. The molecule has 0 bridgehead atoms. The number of hydrogen-bond acceptors (Lipinski definition) is 5. The second-order valence-corrected chi connectivity index (χ2v) is 6.70. The van der Waals surface area contributed by atoms with Gasteiger partial charge < -0.3 is 14.9 Å². The van der Waals surface area contributed by atoms with Crippen LogP contribution in [-0.4, -0.2) is 40.7 Å². The molecule has 0 aliphatic carbocycles. The Morgan fingerprint density at radius 1 is 1.12 bits per heavy atom. The smallest absolute Gasteiger partial charge is 0.306 e. The molecule has 1 aromatic heterocycles. The minimum absolute atomic E-state index is 0.230. The van der Waals surface area contributed by atoms with Crippen LogP contribution in [0.3, 0.4) is 0 Å². The maximum absolute atomic E-state index is 11.1. The monoisotopic (exact) mass is 338 g/mol. The Labute approximate surface area is 147 Å². The summed E-state index contributed by atoms with van der Waals surface area (Å²) >= 11 is 0. The number of rotatable bonds is 3. The van der Waals surface area contributed by atoms with Crippen LogP contribution in [0, 0.1) is 5.92 Å². The van der Waals surface area contributed by atoms with Crippen LogP contribution >= 0.6 is 0 Å². The van der Waals surface area contributed by atoms with Crippen molar-refractivity contribution in [1.82, 2.24) is 9.97 Å². The Balaban J connectivity index is 1.56. The van der Waals surface area contributed by atoms with E-state index in [0.717, 1.165) is 44.2 Å². The van der Waals surface area contributed by atoms with Crippen LogP contribution in [0.4, 0.5) is 17.5 Å². The van der Waals surface area contributed by atoms with E-state index in [2.05, 4.69) is 39.0 Å². The predicted octanol–water partition coefficient (Wildman–Crippen LogP) is 2.86. The highest BCUT2D eigenvalue weighted by Crippen LogP contribution is 2.32. The van der Waals surface area contributed by atoms with Gasteiger partial charge in [-0.2, -0.15) is 4.98 Å². The number of aromatic nitrogens is 2. The predicted molar refractivity (Wildman–Crippen MR) is 96.4 cm³/mol. The van der Waals surface area contributed by atoms with Gasteiger partial charge in [0, 0.05) is 31.5 Å². The van der Waals surface area contributed by atoms with Crippen LogP contribution in [0.1, 0.15) is 24.8 Å². The summed E-state index contributed by atoms with van der Waals surface area (Å²) < 4.78 is 0. The number of anilines is 3. The molecular formula is C19H22N4O2. The Morgan fingerprint density at radius 3 is 2.72 bits per heavy atom. The van der Waals surface area contributed by atoms with Crippen molar-refractivity contribution < 1.29 is 9.90 Å². The third kappa shape index (κ3) is 3.16. The molecule has 1 fully saturated rings. The first kappa shape index (κ1) is 15.9. The molecule has 6 nitrogen and oxygen atoms in total. The molecule has 0 spiro atoms. The summed E-state index contributed by atoms with van der Waals surface area (Å²) in [4.78, 5) is 24.8. The molecule has 6 heteroatoms. The van der Waals surface area contributed by atoms with E-state index >= 15 is 0 Å². The van der Waals surface area contributed by atoms with E-state index in [4.69, 9.17) is 10.1 Å². The number of aliphatic carboxylic acids is 1. The lowest BCUT2D eigenvalue weighted by Crippen LogP contribution is -2.37. The number of carbonyl (C=O) groups is 1. The highest BCUT2D eigenvalue weighted by molar-refractivity contribution is 5.70. The van der Waals surface area contributed by atoms with Gasteiger partial charge >= 0.3 is 5.97 Å². The minimum Gasteiger partial charge on any atom is -0.481 e. The van der Waals surface area contributed by atoms with Crippen LogP contribution in [0.2, 0.25) is 0 Å². The highest BCUT2D eigenvalue weighted by atomic mass is 16.4. The molecule has 2 aliphatic rings. The van der Waals surface area contributed by atoms with Gasteiger partial charge in [-0.3, -0.25) is 4.79 Å². The number of carboxylic acid groups (broad SMARTS) is 1. The van der Waals surface area contributed by atoms with E-state index < -0.39 is 5.97 Å². The molecule has 2 aliphatic heterocycles. The summed E-state index contributed by atoms with van der Waals surface area (Å²) in [5.41, 5.74) is 2.53. The summed E-state index contributed by atoms with van der Waals surface area (Å²) in [6.07, 6.45) is 5.32. The molecule has 1 aromatic carbocycles. The molecule has 0 unspecified atom stereocenters. The summed E-state index contributed by atoms with van der Waals surface area (Å²) in [6, 6.07) is 10.3. The largest absolute Gasteiger partial charge is 0.481 e. The van der Waals surface area contributed by atoms with Gasteiger partial charge in [0.15, 0.2) is 0 Å². The summed E-state index contributed by atoms with van der Waals surface area (Å²) in [5, 5.41) is 9.15. The van der Waals surface area contributed by atoms with Crippen molar-refractivity contribution in [3.63, 3.8) is 0 Å². The Morgan fingerprint density at radius 2 is 1.92 bits per heavy atom. The zero-order chi connectivity index (χ0) is 17.2. The summed E-state index contributed by atoms with van der Waals surface area (Å²) in [5.74, 6) is 0.696. The third-order valence-corrected chi connectivity index (χ3v) is 5.15. The molecule has 25 heavy (non-hydrogen) atoms. The fraction of sp³-hybridized carbons (Fsp3) is 0.421. The molecule has 1 N–H and O–H groups in total. The van der Waals surface area contributed by atoms with Gasteiger partial charge in [-0.1, -0.05) is 18.2 Å². The fourth-order valence-corrected chi connectivity index (χ4v) is 3.74. The maximum atomic E-state index is 11.1. The second kappa shape index (κ2) is 6.70. The first-order valence-electron chi connectivity index (χ1n) is 8.88. The second-order valence-electron chi connectivity index (χ2n) is 6.70. The van der Waals surface area contributed by atoms with Crippen LogP contribution in [0.25, 0.3) is 0 Å². The lowest BCUT2D eigenvalue weighted by Gasteiger charge is -2.33. The molecular weight excluding hydrogens is 316 g/mol. The van der Waals surface area contributed by atoms with E-state index in [0.29, 0.717) is 12.8 Å². The highest BCUT2D eigenvalue weighted by Gasteiger charge is 2.26. The van der Waals surface area contributed by atoms with Gasteiger partial charge in [-0.05, 0) is 43.4 Å². The number of nitrogens with zero attached hydrogens (tertiary/aromatic N) is 4. The van der Waals surface area contributed by atoms with E-state index in [9.17, 15) is 4.79 Å². The first-order chi connectivity index (χ1) is 12.2. The zero-order valence-corrected chi connectivity index (χ0v) is 14.1. The number of aryl methyl sites for hydroxylation is 1. The standard InChI is InChI=1S/C19H22N4O2/c24-18(25)15-8-12-22(13-9-15)17-7-10-20-19(21-17)23-11-3-5-14-4-1-2-6-16(14)23/h1-2,4,6-7,10,15H,3,5,8-9,11-13H2,(H,24,25). The molecule has 0 amide bonds. The Bertz CT molecular complexity index is 772. The van der Waals surface area contributed by atoms with Crippen molar-refractivity contribution in [2.75, 3.05) is 29.4 Å². The lowest BCUT2D eigenvalue weighted by molar-refractivity contribution is -0.142. The van der Waals surface area contributed by atoms with Gasteiger partial charge in [0.05, 0.1) is 5.92 Å². The van der Waals surface area contributed by atoms with Crippen LogP contribution < -0.4 is 9.80 Å². The average Bonchev–Trinajstić information content (AvgIpc) is 2.68. The number of carboxylic acids is 1. The van der Waals surface area contributed by atoms with E-state index in [1.165, 1.54) is 11.3 Å². The van der Waals surface area contributed by atoms with E-state index in [-0.39, 0.29) is 5.92 Å². The van der Waals surface area contributed by atoms with Crippen molar-refractivity contribution in [2.45, 2.75) is 25.7 Å². The quantitative estimate of drug-likeness (QED) is 0.928. The van der Waals surface area contributed by atoms with E-state index in [1.807, 2.05) is 6.07 Å². The molecule has 130 valence electrons.